The third-order valence-electron chi connectivity index (χ3n) is 4.53. The molecule has 1 heterocycles. The molecule has 1 amide bonds. The van der Waals surface area contributed by atoms with E-state index in [1.807, 2.05) is 65.6 Å². The third kappa shape index (κ3) is 4.96. The Bertz CT molecular complexity index is 736. The summed E-state index contributed by atoms with van der Waals surface area (Å²) >= 11 is 0. The van der Waals surface area contributed by atoms with Crippen molar-refractivity contribution in [2.45, 2.75) is 25.5 Å². The number of amides is 1. The summed E-state index contributed by atoms with van der Waals surface area (Å²) in [6.07, 6.45) is 5.66. The molecule has 1 atom stereocenters. The molecule has 0 N–H and O–H groups in total. The lowest BCUT2D eigenvalue weighted by Gasteiger charge is -2.25. The van der Waals surface area contributed by atoms with Crippen LogP contribution in [0.1, 0.15) is 24.0 Å². The summed E-state index contributed by atoms with van der Waals surface area (Å²) < 4.78 is 11.2. The molecule has 1 aliphatic rings. The van der Waals surface area contributed by atoms with Gasteiger partial charge in [0, 0.05) is 31.3 Å². The van der Waals surface area contributed by atoms with Gasteiger partial charge in [0.05, 0.1) is 13.2 Å². The van der Waals surface area contributed by atoms with Crippen molar-refractivity contribution in [3.05, 3.63) is 71.8 Å². The van der Waals surface area contributed by atoms with Crippen molar-refractivity contribution in [1.29, 1.82) is 0 Å². The number of rotatable bonds is 7. The lowest BCUT2D eigenvalue weighted by Crippen LogP contribution is -2.36. The average Bonchev–Trinajstić information content (AvgIpc) is 3.20. The van der Waals surface area contributed by atoms with E-state index in [0.29, 0.717) is 13.1 Å². The first-order valence-electron chi connectivity index (χ1n) is 9.02. The molecule has 4 heteroatoms. The molecule has 0 radical (unpaired) electrons. The fraction of sp³-hybridized carbons (Fsp3) is 0.318. The Labute approximate surface area is 155 Å². The Morgan fingerprint density at radius 2 is 1.96 bits per heavy atom. The highest BCUT2D eigenvalue weighted by atomic mass is 16.5. The van der Waals surface area contributed by atoms with Gasteiger partial charge in [-0.15, -0.1) is 0 Å². The first kappa shape index (κ1) is 18.2. The topological polar surface area (TPSA) is 38.8 Å². The standard InChI is InChI=1S/C22H25NO3/c1-25-21-12-6-5-10-19(21)16-23(17-20-11-7-15-26-20)22(24)14-13-18-8-3-2-4-9-18/h2-6,8-10,12-14,20H,7,11,15-17H2,1H3. The van der Waals surface area contributed by atoms with Crippen LogP contribution in [0, 0.1) is 0 Å². The Morgan fingerprint density at radius 1 is 1.19 bits per heavy atom. The number of benzene rings is 2. The van der Waals surface area contributed by atoms with Gasteiger partial charge in [0.15, 0.2) is 0 Å². The molecule has 0 bridgehead atoms. The summed E-state index contributed by atoms with van der Waals surface area (Å²) in [6, 6.07) is 17.7. The predicted molar refractivity (Wildman–Crippen MR) is 103 cm³/mol. The van der Waals surface area contributed by atoms with E-state index in [9.17, 15) is 4.79 Å². The van der Waals surface area contributed by atoms with Crippen molar-refractivity contribution >= 4 is 12.0 Å². The molecule has 0 spiro atoms. The summed E-state index contributed by atoms with van der Waals surface area (Å²) in [7, 11) is 1.65. The zero-order chi connectivity index (χ0) is 18.2. The van der Waals surface area contributed by atoms with E-state index in [2.05, 4.69) is 0 Å². The van der Waals surface area contributed by atoms with E-state index in [1.54, 1.807) is 13.2 Å². The average molecular weight is 351 g/mol. The normalized spacial score (nSPS) is 16.7. The lowest BCUT2D eigenvalue weighted by molar-refractivity contribution is -0.128. The second-order valence-electron chi connectivity index (χ2n) is 6.41. The van der Waals surface area contributed by atoms with E-state index in [1.165, 1.54) is 0 Å². The fourth-order valence-electron chi connectivity index (χ4n) is 3.14. The number of carbonyl (C=O) groups is 1. The molecule has 4 nitrogen and oxygen atoms in total. The molecule has 0 aromatic heterocycles. The van der Waals surface area contributed by atoms with Crippen LogP contribution in [-0.4, -0.2) is 37.2 Å². The predicted octanol–water partition coefficient (Wildman–Crippen LogP) is 3.92. The second kappa shape index (κ2) is 9.20. The Kier molecular flexibility index (Phi) is 6.45. The van der Waals surface area contributed by atoms with Gasteiger partial charge in [-0.3, -0.25) is 4.79 Å². The van der Waals surface area contributed by atoms with E-state index >= 15 is 0 Å². The molecule has 1 fully saturated rings. The lowest BCUT2D eigenvalue weighted by atomic mass is 10.1. The van der Waals surface area contributed by atoms with Crippen LogP contribution in [0.5, 0.6) is 5.75 Å². The molecule has 2 aromatic carbocycles. The number of ether oxygens (including phenoxy) is 2. The van der Waals surface area contributed by atoms with E-state index in [-0.39, 0.29) is 12.0 Å². The maximum atomic E-state index is 12.9. The van der Waals surface area contributed by atoms with Crippen molar-refractivity contribution < 1.29 is 14.3 Å². The summed E-state index contributed by atoms with van der Waals surface area (Å²) in [5, 5.41) is 0. The molecule has 26 heavy (non-hydrogen) atoms. The van der Waals surface area contributed by atoms with Crippen molar-refractivity contribution in [3.8, 4) is 5.75 Å². The monoisotopic (exact) mass is 351 g/mol. The Balaban J connectivity index is 1.75. The fourth-order valence-corrected chi connectivity index (χ4v) is 3.14. The quantitative estimate of drug-likeness (QED) is 0.710. The van der Waals surface area contributed by atoms with Gasteiger partial charge < -0.3 is 14.4 Å². The van der Waals surface area contributed by atoms with Gasteiger partial charge in [-0.2, -0.15) is 0 Å². The van der Waals surface area contributed by atoms with Crippen LogP contribution in [0.2, 0.25) is 0 Å². The Hall–Kier alpha value is -2.59. The molecule has 1 unspecified atom stereocenters. The van der Waals surface area contributed by atoms with E-state index < -0.39 is 0 Å². The van der Waals surface area contributed by atoms with Crippen molar-refractivity contribution in [1.82, 2.24) is 4.90 Å². The zero-order valence-corrected chi connectivity index (χ0v) is 15.1. The number of hydrogen-bond acceptors (Lipinski definition) is 3. The zero-order valence-electron chi connectivity index (χ0n) is 15.1. The van der Waals surface area contributed by atoms with Crippen LogP contribution in [-0.2, 0) is 16.1 Å². The van der Waals surface area contributed by atoms with Gasteiger partial charge in [0.2, 0.25) is 5.91 Å². The minimum Gasteiger partial charge on any atom is -0.496 e. The van der Waals surface area contributed by atoms with Gasteiger partial charge in [-0.05, 0) is 30.5 Å². The van der Waals surface area contributed by atoms with Gasteiger partial charge >= 0.3 is 0 Å². The summed E-state index contributed by atoms with van der Waals surface area (Å²) in [5.41, 5.74) is 2.00. The van der Waals surface area contributed by atoms with Crippen LogP contribution >= 0.6 is 0 Å². The third-order valence-corrected chi connectivity index (χ3v) is 4.53. The van der Waals surface area contributed by atoms with Gasteiger partial charge in [-0.1, -0.05) is 48.5 Å². The maximum absolute atomic E-state index is 12.9. The van der Waals surface area contributed by atoms with Gasteiger partial charge in [0.1, 0.15) is 5.75 Å². The summed E-state index contributed by atoms with van der Waals surface area (Å²) in [4.78, 5) is 14.7. The van der Waals surface area contributed by atoms with Gasteiger partial charge in [0.25, 0.3) is 0 Å². The number of carbonyl (C=O) groups excluding carboxylic acids is 1. The molecule has 1 aliphatic heterocycles. The Morgan fingerprint density at radius 3 is 2.69 bits per heavy atom. The molecule has 1 saturated heterocycles. The van der Waals surface area contributed by atoms with Crippen LogP contribution in [0.3, 0.4) is 0 Å². The number of hydrogen-bond donors (Lipinski definition) is 0. The van der Waals surface area contributed by atoms with Crippen molar-refractivity contribution in [3.63, 3.8) is 0 Å². The SMILES string of the molecule is COc1ccccc1CN(CC1CCCO1)C(=O)C=Cc1ccccc1. The minimum atomic E-state index is -0.0183. The molecular formula is C22H25NO3. The smallest absolute Gasteiger partial charge is 0.246 e. The maximum Gasteiger partial charge on any atom is 0.246 e. The molecule has 3 rings (SSSR count). The van der Waals surface area contributed by atoms with Crippen LogP contribution in [0.15, 0.2) is 60.7 Å². The number of nitrogens with zero attached hydrogens (tertiary/aromatic N) is 1. The highest BCUT2D eigenvalue weighted by Gasteiger charge is 2.22. The molecule has 0 saturated carbocycles. The van der Waals surface area contributed by atoms with Crippen molar-refractivity contribution in [2.75, 3.05) is 20.3 Å². The minimum absolute atomic E-state index is 0.0183. The molecule has 136 valence electrons. The number of para-hydroxylation sites is 1. The van der Waals surface area contributed by atoms with Crippen LogP contribution < -0.4 is 4.74 Å². The van der Waals surface area contributed by atoms with Crippen LogP contribution in [0.25, 0.3) is 6.08 Å². The largest absolute Gasteiger partial charge is 0.496 e. The second-order valence-corrected chi connectivity index (χ2v) is 6.41. The number of methoxy groups -OCH3 is 1. The molecular weight excluding hydrogens is 326 g/mol. The summed E-state index contributed by atoms with van der Waals surface area (Å²) in [6.45, 7) is 1.87. The van der Waals surface area contributed by atoms with Gasteiger partial charge in [-0.25, -0.2) is 0 Å². The first-order chi connectivity index (χ1) is 12.8. The molecule has 2 aromatic rings. The van der Waals surface area contributed by atoms with Crippen molar-refractivity contribution in [2.24, 2.45) is 0 Å². The van der Waals surface area contributed by atoms with E-state index in [4.69, 9.17) is 9.47 Å². The molecule has 0 aliphatic carbocycles. The highest BCUT2D eigenvalue weighted by molar-refractivity contribution is 5.91. The summed E-state index contributed by atoms with van der Waals surface area (Å²) in [5.74, 6) is 0.778. The highest BCUT2D eigenvalue weighted by Crippen LogP contribution is 2.21. The first-order valence-corrected chi connectivity index (χ1v) is 9.02. The van der Waals surface area contributed by atoms with E-state index in [0.717, 1.165) is 36.3 Å². The van der Waals surface area contributed by atoms with Crippen LogP contribution in [0.4, 0.5) is 0 Å².